The van der Waals surface area contributed by atoms with E-state index in [9.17, 15) is 9.90 Å². The van der Waals surface area contributed by atoms with Crippen molar-refractivity contribution < 1.29 is 19.0 Å². The average Bonchev–Trinajstić information content (AvgIpc) is 3.31. The number of benzene rings is 1. The van der Waals surface area contributed by atoms with E-state index >= 15 is 4.39 Å². The molecule has 1 unspecified atom stereocenters. The van der Waals surface area contributed by atoms with Crippen molar-refractivity contribution in [2.24, 2.45) is 5.92 Å². The van der Waals surface area contributed by atoms with Gasteiger partial charge in [-0.25, -0.2) is 9.37 Å². The molecule has 4 heterocycles. The Kier molecular flexibility index (Phi) is 7.95. The zero-order valence-corrected chi connectivity index (χ0v) is 21.8. The Labute approximate surface area is 219 Å². The van der Waals surface area contributed by atoms with Gasteiger partial charge in [-0.2, -0.15) is 0 Å². The van der Waals surface area contributed by atoms with E-state index in [0.717, 1.165) is 55.2 Å². The number of hydrogen-bond donors (Lipinski definition) is 2. The van der Waals surface area contributed by atoms with Crippen LogP contribution >= 0.6 is 0 Å². The van der Waals surface area contributed by atoms with Crippen molar-refractivity contribution in [3.8, 4) is 0 Å². The Bertz CT molecular complexity index is 1090. The lowest BCUT2D eigenvalue weighted by atomic mass is 9.86. The van der Waals surface area contributed by atoms with Crippen LogP contribution in [0.1, 0.15) is 48.9 Å². The number of aliphatic carboxylic acids is 1. The summed E-state index contributed by atoms with van der Waals surface area (Å²) in [6, 6.07) is 12.4. The normalized spacial score (nSPS) is 23.8. The molecule has 0 spiro atoms. The summed E-state index contributed by atoms with van der Waals surface area (Å²) in [7, 11) is 0. The van der Waals surface area contributed by atoms with Crippen molar-refractivity contribution in [3.63, 3.8) is 0 Å². The van der Waals surface area contributed by atoms with Gasteiger partial charge in [0.05, 0.1) is 19.1 Å². The minimum absolute atomic E-state index is 0.214. The van der Waals surface area contributed by atoms with Crippen molar-refractivity contribution in [2.45, 2.75) is 50.6 Å². The minimum atomic E-state index is -1.28. The summed E-state index contributed by atoms with van der Waals surface area (Å²) in [5.74, 6) is -0.648. The lowest BCUT2D eigenvalue weighted by Crippen LogP contribution is -2.37. The Morgan fingerprint density at radius 1 is 1.24 bits per heavy atom. The number of carbonyl (C=O) groups is 1. The van der Waals surface area contributed by atoms with Gasteiger partial charge in [0.15, 0.2) is 0 Å². The lowest BCUT2D eigenvalue weighted by molar-refractivity contribution is -0.142. The third-order valence-corrected chi connectivity index (χ3v) is 8.29. The van der Waals surface area contributed by atoms with Crippen molar-refractivity contribution in [3.05, 3.63) is 53.2 Å². The largest absolute Gasteiger partial charge is 0.481 e. The molecule has 2 aromatic rings. The van der Waals surface area contributed by atoms with Gasteiger partial charge in [0.25, 0.3) is 0 Å². The van der Waals surface area contributed by atoms with E-state index in [1.165, 1.54) is 5.56 Å². The summed E-state index contributed by atoms with van der Waals surface area (Å²) in [4.78, 5) is 21.2. The van der Waals surface area contributed by atoms with Crippen LogP contribution in [0.2, 0.25) is 0 Å². The maximum absolute atomic E-state index is 15.9. The van der Waals surface area contributed by atoms with E-state index in [1.54, 1.807) is 6.92 Å². The number of aryl methyl sites for hydroxylation is 2. The minimum Gasteiger partial charge on any atom is -0.481 e. The molecule has 2 N–H and O–H groups in total. The number of anilines is 2. The lowest BCUT2D eigenvalue weighted by Gasteiger charge is -2.31. The van der Waals surface area contributed by atoms with Crippen molar-refractivity contribution in [1.82, 2.24) is 9.88 Å². The van der Waals surface area contributed by atoms with Gasteiger partial charge in [0.1, 0.15) is 11.5 Å². The predicted octanol–water partition coefficient (Wildman–Crippen LogP) is 4.13. The summed E-state index contributed by atoms with van der Waals surface area (Å²) in [6.07, 6.45) is 3.67. The van der Waals surface area contributed by atoms with E-state index in [1.807, 2.05) is 18.2 Å². The third kappa shape index (κ3) is 6.24. The SMILES string of the molecule is C[C@@H](C(=O)O)C(CN1CC[C@](F)(CCc2ccc3c(n2)NCCC3)C1)c1cccc(N2CCOCC2)c1. The van der Waals surface area contributed by atoms with Crippen LogP contribution in [0, 0.1) is 5.92 Å². The van der Waals surface area contributed by atoms with E-state index in [0.29, 0.717) is 52.1 Å². The molecule has 8 heteroatoms. The molecule has 1 aromatic carbocycles. The molecule has 0 radical (unpaired) electrons. The van der Waals surface area contributed by atoms with Gasteiger partial charge in [-0.15, -0.1) is 0 Å². The quantitative estimate of drug-likeness (QED) is 0.525. The third-order valence-electron chi connectivity index (χ3n) is 8.29. The summed E-state index contributed by atoms with van der Waals surface area (Å²) < 4.78 is 21.4. The van der Waals surface area contributed by atoms with Crippen molar-refractivity contribution in [2.75, 3.05) is 62.7 Å². The monoisotopic (exact) mass is 510 g/mol. The van der Waals surface area contributed by atoms with E-state index < -0.39 is 17.6 Å². The molecule has 1 aromatic heterocycles. The molecule has 3 aliphatic rings. The van der Waals surface area contributed by atoms with Crippen LogP contribution in [0.3, 0.4) is 0 Å². The fraction of sp³-hybridized carbons (Fsp3) is 0.586. The molecule has 0 aliphatic carbocycles. The van der Waals surface area contributed by atoms with E-state index in [2.05, 4.69) is 33.3 Å². The van der Waals surface area contributed by atoms with E-state index in [4.69, 9.17) is 9.72 Å². The van der Waals surface area contributed by atoms with Crippen LogP contribution in [0.25, 0.3) is 0 Å². The molecule has 3 atom stereocenters. The summed E-state index contributed by atoms with van der Waals surface area (Å²) in [5, 5.41) is 13.2. The highest BCUT2D eigenvalue weighted by atomic mass is 19.1. The first-order valence-electron chi connectivity index (χ1n) is 13.7. The number of alkyl halides is 1. The maximum Gasteiger partial charge on any atom is 0.306 e. The molecular weight excluding hydrogens is 471 g/mol. The standard InChI is InChI=1S/C29H39FN4O3/c1-21(28(35)36)26(23-4-2-6-25(18-23)34-14-16-37-17-15-34)19-33-13-11-29(30,20-33)10-9-24-8-7-22-5-3-12-31-27(22)32-24/h2,4,6-8,18,21,26H,3,5,9-17,19-20H2,1H3,(H,31,32)(H,35,36)/t21-,26?,29-/m1/s1. The van der Waals surface area contributed by atoms with Gasteiger partial charge >= 0.3 is 5.97 Å². The summed E-state index contributed by atoms with van der Waals surface area (Å²) >= 11 is 0. The van der Waals surface area contributed by atoms with E-state index in [-0.39, 0.29) is 5.92 Å². The highest BCUT2D eigenvalue weighted by molar-refractivity contribution is 5.71. The Morgan fingerprint density at radius 2 is 2.08 bits per heavy atom. The fourth-order valence-electron chi connectivity index (χ4n) is 5.91. The van der Waals surface area contributed by atoms with Gasteiger partial charge in [0, 0.05) is 56.6 Å². The second kappa shape index (κ2) is 11.4. The second-order valence-electron chi connectivity index (χ2n) is 10.9. The predicted molar refractivity (Wildman–Crippen MR) is 143 cm³/mol. The molecule has 200 valence electrons. The first-order valence-corrected chi connectivity index (χ1v) is 13.7. The van der Waals surface area contributed by atoms with Gasteiger partial charge in [0.2, 0.25) is 0 Å². The average molecular weight is 511 g/mol. The Hall–Kier alpha value is -2.71. The number of hydrogen-bond acceptors (Lipinski definition) is 6. The molecule has 2 fully saturated rings. The first kappa shape index (κ1) is 25.9. The molecule has 0 amide bonds. The van der Waals surface area contributed by atoms with Gasteiger partial charge in [-0.05, 0) is 61.4 Å². The van der Waals surface area contributed by atoms with Gasteiger partial charge < -0.3 is 20.1 Å². The first-order chi connectivity index (χ1) is 17.9. The molecule has 0 bridgehead atoms. The number of nitrogens with one attached hydrogen (secondary N) is 1. The highest BCUT2D eigenvalue weighted by Crippen LogP contribution is 2.35. The highest BCUT2D eigenvalue weighted by Gasteiger charge is 2.40. The molecule has 2 saturated heterocycles. The number of rotatable bonds is 9. The van der Waals surface area contributed by atoms with Crippen LogP contribution in [-0.2, 0) is 22.4 Å². The maximum atomic E-state index is 15.9. The number of aromatic nitrogens is 1. The van der Waals surface area contributed by atoms with Crippen LogP contribution < -0.4 is 10.2 Å². The Morgan fingerprint density at radius 3 is 2.89 bits per heavy atom. The van der Waals surface area contributed by atoms with Crippen LogP contribution in [0.4, 0.5) is 15.9 Å². The van der Waals surface area contributed by atoms with Crippen LogP contribution in [0.15, 0.2) is 36.4 Å². The number of nitrogens with zero attached hydrogens (tertiary/aromatic N) is 3. The number of carboxylic acids is 1. The molecule has 5 rings (SSSR count). The summed E-state index contributed by atoms with van der Waals surface area (Å²) in [6.45, 7) is 7.27. The molecular formula is C29H39FN4O3. The number of ether oxygens (including phenoxy) is 1. The molecule has 0 saturated carbocycles. The Balaban J connectivity index is 1.24. The topological polar surface area (TPSA) is 77.9 Å². The number of fused-ring (bicyclic) bond motifs is 1. The number of halogens is 1. The number of carboxylic acid groups (broad SMARTS) is 1. The molecule has 37 heavy (non-hydrogen) atoms. The molecule has 7 nitrogen and oxygen atoms in total. The summed E-state index contributed by atoms with van der Waals surface area (Å²) in [5.41, 5.74) is 2.99. The molecule has 3 aliphatic heterocycles. The van der Waals surface area contributed by atoms with Crippen molar-refractivity contribution in [1.29, 1.82) is 0 Å². The van der Waals surface area contributed by atoms with Crippen LogP contribution in [-0.4, -0.2) is 79.1 Å². The van der Waals surface area contributed by atoms with Gasteiger partial charge in [-0.3, -0.25) is 9.69 Å². The number of morpholine rings is 1. The zero-order valence-electron chi connectivity index (χ0n) is 21.8. The van der Waals surface area contributed by atoms with Gasteiger partial charge in [-0.1, -0.05) is 25.1 Å². The number of pyridine rings is 1. The fourth-order valence-corrected chi connectivity index (χ4v) is 5.91. The number of likely N-dealkylation sites (tertiary alicyclic amines) is 1. The second-order valence-corrected chi connectivity index (χ2v) is 10.9. The van der Waals surface area contributed by atoms with Crippen molar-refractivity contribution >= 4 is 17.5 Å². The zero-order chi connectivity index (χ0) is 25.8. The van der Waals surface area contributed by atoms with Crippen LogP contribution in [0.5, 0.6) is 0 Å². The smallest absolute Gasteiger partial charge is 0.306 e.